The molecule has 24 heavy (non-hydrogen) atoms. The second-order valence-electron chi connectivity index (χ2n) is 6.11. The number of carbonyl (C=O) groups is 1. The maximum Gasteiger partial charge on any atom is 0.308 e. The largest absolute Gasteiger partial charge is 0.497 e. The van der Waals surface area contributed by atoms with Crippen molar-refractivity contribution in [2.24, 2.45) is 0 Å². The molecule has 0 radical (unpaired) electrons. The van der Waals surface area contributed by atoms with Gasteiger partial charge in [0, 0.05) is 17.1 Å². The predicted molar refractivity (Wildman–Crippen MR) is 94.7 cm³/mol. The summed E-state index contributed by atoms with van der Waals surface area (Å²) in [5.41, 5.74) is 2.01. The van der Waals surface area contributed by atoms with Gasteiger partial charge in [-0.3, -0.25) is 14.2 Å². The third-order valence-electron chi connectivity index (χ3n) is 4.74. The molecule has 1 amide bonds. The lowest BCUT2D eigenvalue weighted by molar-refractivity contribution is -0.132. The van der Waals surface area contributed by atoms with Crippen LogP contribution in [-0.4, -0.2) is 29.0 Å². The van der Waals surface area contributed by atoms with Gasteiger partial charge in [-0.15, -0.1) is 0 Å². The number of methoxy groups -OCH3 is 1. The molecule has 3 rings (SSSR count). The highest BCUT2D eigenvalue weighted by molar-refractivity contribution is 7.09. The lowest BCUT2D eigenvalue weighted by atomic mass is 10.0. The van der Waals surface area contributed by atoms with E-state index in [0.717, 1.165) is 41.3 Å². The molecule has 128 valence electrons. The average Bonchev–Trinajstić information content (AvgIpc) is 3.16. The van der Waals surface area contributed by atoms with Crippen LogP contribution in [-0.2, 0) is 11.3 Å². The molecule has 0 spiro atoms. The molecule has 1 saturated heterocycles. The third kappa shape index (κ3) is 3.11. The Morgan fingerprint density at radius 1 is 1.29 bits per heavy atom. The van der Waals surface area contributed by atoms with E-state index in [9.17, 15) is 9.59 Å². The maximum atomic E-state index is 12.8. The fraction of sp³-hybridized carbons (Fsp3) is 0.444. The molecule has 1 fully saturated rings. The Labute approximate surface area is 145 Å². The molecule has 1 unspecified atom stereocenters. The molecule has 5 nitrogen and oxygen atoms in total. The molecule has 2 heterocycles. The van der Waals surface area contributed by atoms with Crippen LogP contribution in [0.1, 0.15) is 35.0 Å². The number of likely N-dealkylation sites (tertiary alicyclic amines) is 1. The van der Waals surface area contributed by atoms with Gasteiger partial charge in [-0.2, -0.15) is 0 Å². The van der Waals surface area contributed by atoms with Crippen molar-refractivity contribution in [2.75, 3.05) is 13.7 Å². The van der Waals surface area contributed by atoms with Crippen LogP contribution in [0.4, 0.5) is 0 Å². The van der Waals surface area contributed by atoms with E-state index in [1.165, 1.54) is 11.3 Å². The van der Waals surface area contributed by atoms with Crippen LogP contribution in [0.5, 0.6) is 5.75 Å². The summed E-state index contributed by atoms with van der Waals surface area (Å²) >= 11 is 1.20. The van der Waals surface area contributed by atoms with Gasteiger partial charge in [-0.1, -0.05) is 23.5 Å². The first-order chi connectivity index (χ1) is 11.5. The van der Waals surface area contributed by atoms with E-state index in [2.05, 4.69) is 0 Å². The van der Waals surface area contributed by atoms with Gasteiger partial charge in [0.2, 0.25) is 5.91 Å². The topological polar surface area (TPSA) is 51.5 Å². The number of hydrogen-bond acceptors (Lipinski definition) is 4. The van der Waals surface area contributed by atoms with Crippen molar-refractivity contribution >= 4 is 17.2 Å². The summed E-state index contributed by atoms with van der Waals surface area (Å²) in [6.45, 7) is 4.68. The predicted octanol–water partition coefficient (Wildman–Crippen LogP) is 2.90. The van der Waals surface area contributed by atoms with Gasteiger partial charge >= 0.3 is 4.87 Å². The Balaban J connectivity index is 1.79. The van der Waals surface area contributed by atoms with E-state index in [1.54, 1.807) is 11.7 Å². The van der Waals surface area contributed by atoms with E-state index in [-0.39, 0.29) is 23.4 Å². The molecule has 1 aliphatic rings. The standard InChI is InChI=1S/C18H22N2O3S/c1-12-13(2)24-18(22)20(12)11-17(21)19-10-4-5-16(19)14-6-8-15(23-3)9-7-14/h6-9,16H,4-5,10-11H2,1-3H3. The van der Waals surface area contributed by atoms with Crippen molar-refractivity contribution in [2.45, 2.75) is 39.3 Å². The molecular weight excluding hydrogens is 324 g/mol. The van der Waals surface area contributed by atoms with E-state index in [0.29, 0.717) is 0 Å². The Morgan fingerprint density at radius 2 is 2.00 bits per heavy atom. The summed E-state index contributed by atoms with van der Waals surface area (Å²) < 4.78 is 6.79. The summed E-state index contributed by atoms with van der Waals surface area (Å²) in [6, 6.07) is 7.96. The molecule has 0 N–H and O–H groups in total. The van der Waals surface area contributed by atoms with Crippen molar-refractivity contribution in [1.82, 2.24) is 9.47 Å². The number of aryl methyl sites for hydroxylation is 1. The minimum absolute atomic E-state index is 0.0105. The number of thiazole rings is 1. The number of hydrogen-bond donors (Lipinski definition) is 0. The summed E-state index contributed by atoms with van der Waals surface area (Å²) in [7, 11) is 1.64. The Kier molecular flexibility index (Phi) is 4.76. The average molecular weight is 346 g/mol. The number of amides is 1. The highest BCUT2D eigenvalue weighted by Gasteiger charge is 2.30. The molecule has 1 aromatic carbocycles. The van der Waals surface area contributed by atoms with Gasteiger partial charge in [-0.05, 0) is 44.4 Å². The highest BCUT2D eigenvalue weighted by atomic mass is 32.1. The van der Waals surface area contributed by atoms with Crippen LogP contribution in [0, 0.1) is 13.8 Å². The molecule has 0 saturated carbocycles. The number of carbonyl (C=O) groups excluding carboxylic acids is 1. The van der Waals surface area contributed by atoms with E-state index < -0.39 is 0 Å². The van der Waals surface area contributed by atoms with E-state index in [1.807, 2.05) is 43.0 Å². The van der Waals surface area contributed by atoms with Crippen LogP contribution < -0.4 is 9.61 Å². The quantitative estimate of drug-likeness (QED) is 0.855. The van der Waals surface area contributed by atoms with Crippen LogP contribution in [0.15, 0.2) is 29.1 Å². The number of benzene rings is 1. The summed E-state index contributed by atoms with van der Waals surface area (Å²) in [5.74, 6) is 0.821. The van der Waals surface area contributed by atoms with E-state index in [4.69, 9.17) is 4.74 Å². The van der Waals surface area contributed by atoms with Gasteiger partial charge in [-0.25, -0.2) is 0 Å². The van der Waals surface area contributed by atoms with Crippen molar-refractivity contribution in [3.05, 3.63) is 50.1 Å². The Hall–Kier alpha value is -2.08. The van der Waals surface area contributed by atoms with Crippen LogP contribution >= 0.6 is 11.3 Å². The molecule has 0 aliphatic carbocycles. The van der Waals surface area contributed by atoms with Crippen LogP contribution in [0.2, 0.25) is 0 Å². The van der Waals surface area contributed by atoms with Gasteiger partial charge in [0.1, 0.15) is 12.3 Å². The minimum Gasteiger partial charge on any atom is -0.497 e. The SMILES string of the molecule is COc1ccc(C2CCCN2C(=O)Cn2c(C)c(C)sc2=O)cc1. The zero-order valence-corrected chi connectivity index (χ0v) is 15.1. The Bertz CT molecular complexity index is 792. The second kappa shape index (κ2) is 6.81. The third-order valence-corrected chi connectivity index (χ3v) is 5.74. The minimum atomic E-state index is -0.0569. The van der Waals surface area contributed by atoms with Crippen LogP contribution in [0.3, 0.4) is 0 Å². The lowest BCUT2D eigenvalue weighted by Crippen LogP contribution is -2.35. The van der Waals surface area contributed by atoms with Crippen molar-refractivity contribution < 1.29 is 9.53 Å². The fourth-order valence-electron chi connectivity index (χ4n) is 3.23. The van der Waals surface area contributed by atoms with E-state index >= 15 is 0 Å². The smallest absolute Gasteiger partial charge is 0.308 e. The first-order valence-electron chi connectivity index (χ1n) is 8.11. The first-order valence-corrected chi connectivity index (χ1v) is 8.93. The molecule has 6 heteroatoms. The van der Waals surface area contributed by atoms with Gasteiger partial charge in [0.25, 0.3) is 0 Å². The normalized spacial score (nSPS) is 17.3. The molecule has 1 atom stereocenters. The van der Waals surface area contributed by atoms with Crippen molar-refractivity contribution in [3.63, 3.8) is 0 Å². The zero-order valence-electron chi connectivity index (χ0n) is 14.2. The zero-order chi connectivity index (χ0) is 17.3. The lowest BCUT2D eigenvalue weighted by Gasteiger charge is -2.25. The summed E-state index contributed by atoms with van der Waals surface area (Å²) in [5, 5.41) is 0. The van der Waals surface area contributed by atoms with Crippen molar-refractivity contribution in [1.29, 1.82) is 0 Å². The second-order valence-corrected chi connectivity index (χ2v) is 7.28. The molecule has 1 aliphatic heterocycles. The fourth-order valence-corrected chi connectivity index (χ4v) is 4.07. The summed E-state index contributed by atoms with van der Waals surface area (Å²) in [6.07, 6.45) is 1.94. The molecule has 0 bridgehead atoms. The number of aromatic nitrogens is 1. The number of ether oxygens (including phenoxy) is 1. The first kappa shape index (κ1) is 16.8. The molecule has 2 aromatic rings. The molecular formula is C18H22N2O3S. The number of nitrogens with zero attached hydrogens (tertiary/aromatic N) is 2. The van der Waals surface area contributed by atoms with Gasteiger partial charge in [0.05, 0.1) is 13.2 Å². The Morgan fingerprint density at radius 3 is 2.58 bits per heavy atom. The monoisotopic (exact) mass is 346 g/mol. The molecule has 1 aromatic heterocycles. The maximum absolute atomic E-state index is 12.8. The number of rotatable bonds is 4. The van der Waals surface area contributed by atoms with Crippen molar-refractivity contribution in [3.8, 4) is 5.75 Å². The van der Waals surface area contributed by atoms with Gasteiger partial charge in [0.15, 0.2) is 0 Å². The van der Waals surface area contributed by atoms with Gasteiger partial charge < -0.3 is 9.64 Å². The highest BCUT2D eigenvalue weighted by Crippen LogP contribution is 2.33. The van der Waals surface area contributed by atoms with Crippen LogP contribution in [0.25, 0.3) is 0 Å². The summed E-state index contributed by atoms with van der Waals surface area (Å²) in [4.78, 5) is 27.6.